The van der Waals surface area contributed by atoms with Gasteiger partial charge in [-0.15, -0.1) is 11.3 Å². The fourth-order valence-corrected chi connectivity index (χ4v) is 3.97. The zero-order chi connectivity index (χ0) is 15.5. The lowest BCUT2D eigenvalue weighted by Crippen LogP contribution is -1.89. The summed E-state index contributed by atoms with van der Waals surface area (Å²) in [4.78, 5) is 8.54. The molecule has 5 nitrogen and oxygen atoms in total. The van der Waals surface area contributed by atoms with Crippen LogP contribution in [0.25, 0.3) is 10.9 Å². The van der Waals surface area contributed by atoms with Crippen LogP contribution in [0.2, 0.25) is 0 Å². The zero-order valence-electron chi connectivity index (χ0n) is 11.9. The summed E-state index contributed by atoms with van der Waals surface area (Å²) in [5.74, 6) is 0. The molecule has 2 aromatic heterocycles. The van der Waals surface area contributed by atoms with E-state index in [-0.39, 0.29) is 6.61 Å². The van der Waals surface area contributed by atoms with Crippen LogP contribution in [0.4, 0.5) is 5.69 Å². The largest absolute Gasteiger partial charge is 0.396 e. The molecule has 2 heterocycles. The number of nitrogens with one attached hydrogen (secondary N) is 2. The molecule has 0 saturated heterocycles. The number of fused-ring (bicyclic) bond motifs is 1. The highest BCUT2D eigenvalue weighted by Crippen LogP contribution is 2.32. The molecule has 0 aliphatic carbocycles. The van der Waals surface area contributed by atoms with Gasteiger partial charge in [0, 0.05) is 47.6 Å². The zero-order valence-corrected chi connectivity index (χ0v) is 13.5. The van der Waals surface area contributed by atoms with Gasteiger partial charge in [0.15, 0.2) is 4.34 Å². The molecular weight excluding hydrogens is 316 g/mol. The average molecular weight is 330 g/mol. The molecule has 0 atom stereocenters. The van der Waals surface area contributed by atoms with E-state index in [1.165, 1.54) is 11.9 Å². The SMILES string of the molecule is Cc1ccc(NSc2ncc(CCO)s2)c2[nH]cc(C#N)c12. The second-order valence-electron chi connectivity index (χ2n) is 4.76. The van der Waals surface area contributed by atoms with E-state index in [0.29, 0.717) is 12.0 Å². The summed E-state index contributed by atoms with van der Waals surface area (Å²) in [6, 6.07) is 6.20. The van der Waals surface area contributed by atoms with Gasteiger partial charge in [-0.1, -0.05) is 6.07 Å². The quantitative estimate of drug-likeness (QED) is 0.624. The minimum Gasteiger partial charge on any atom is -0.396 e. The molecule has 0 saturated carbocycles. The Kier molecular flexibility index (Phi) is 4.34. The van der Waals surface area contributed by atoms with Gasteiger partial charge in [-0.3, -0.25) is 0 Å². The number of hydrogen-bond acceptors (Lipinski definition) is 6. The molecule has 0 fully saturated rings. The highest BCUT2D eigenvalue weighted by atomic mass is 32.2. The molecular formula is C15H14N4OS2. The molecule has 3 rings (SSSR count). The first kappa shape index (κ1) is 14.9. The van der Waals surface area contributed by atoms with Crippen LogP contribution in [0, 0.1) is 18.3 Å². The number of thiazole rings is 1. The van der Waals surface area contributed by atoms with Crippen LogP contribution in [0.5, 0.6) is 0 Å². The summed E-state index contributed by atoms with van der Waals surface area (Å²) in [7, 11) is 0. The molecule has 112 valence electrons. The minimum atomic E-state index is 0.137. The van der Waals surface area contributed by atoms with Gasteiger partial charge in [-0.05, 0) is 18.6 Å². The highest BCUT2D eigenvalue weighted by Gasteiger charge is 2.11. The number of nitriles is 1. The Morgan fingerprint density at radius 2 is 2.36 bits per heavy atom. The van der Waals surface area contributed by atoms with Crippen molar-refractivity contribution in [3.8, 4) is 6.07 Å². The van der Waals surface area contributed by atoms with Crippen LogP contribution in [-0.2, 0) is 6.42 Å². The summed E-state index contributed by atoms with van der Waals surface area (Å²) < 4.78 is 4.18. The van der Waals surface area contributed by atoms with E-state index in [4.69, 9.17) is 5.11 Å². The Morgan fingerprint density at radius 3 is 3.14 bits per heavy atom. The summed E-state index contributed by atoms with van der Waals surface area (Å²) in [6.07, 6.45) is 4.16. The van der Waals surface area contributed by atoms with E-state index in [1.54, 1.807) is 23.7 Å². The van der Waals surface area contributed by atoms with Crippen molar-refractivity contribution < 1.29 is 5.11 Å². The van der Waals surface area contributed by atoms with Crippen molar-refractivity contribution in [2.45, 2.75) is 17.7 Å². The van der Waals surface area contributed by atoms with Crippen molar-refractivity contribution in [1.82, 2.24) is 9.97 Å². The number of aromatic nitrogens is 2. The van der Waals surface area contributed by atoms with E-state index in [2.05, 4.69) is 20.8 Å². The van der Waals surface area contributed by atoms with Gasteiger partial charge in [0.1, 0.15) is 6.07 Å². The van der Waals surface area contributed by atoms with Crippen LogP contribution >= 0.6 is 23.3 Å². The summed E-state index contributed by atoms with van der Waals surface area (Å²) in [5.41, 5.74) is 3.57. The third kappa shape index (κ3) is 2.81. The molecule has 22 heavy (non-hydrogen) atoms. The van der Waals surface area contributed by atoms with E-state index < -0.39 is 0 Å². The average Bonchev–Trinajstić information content (AvgIpc) is 3.14. The monoisotopic (exact) mass is 330 g/mol. The fourth-order valence-electron chi connectivity index (χ4n) is 2.25. The van der Waals surface area contributed by atoms with Crippen LogP contribution in [0.15, 0.2) is 28.9 Å². The van der Waals surface area contributed by atoms with Gasteiger partial charge in [0.05, 0.1) is 16.8 Å². The molecule has 0 aliphatic rings. The summed E-state index contributed by atoms with van der Waals surface area (Å²) >= 11 is 2.99. The van der Waals surface area contributed by atoms with Gasteiger partial charge in [-0.25, -0.2) is 4.98 Å². The van der Waals surface area contributed by atoms with Gasteiger partial charge in [0.25, 0.3) is 0 Å². The van der Waals surface area contributed by atoms with Gasteiger partial charge in [-0.2, -0.15) is 5.26 Å². The number of aliphatic hydroxyl groups excluding tert-OH is 1. The number of H-pyrrole nitrogens is 1. The molecule has 0 spiro atoms. The molecule has 0 bridgehead atoms. The maximum absolute atomic E-state index is 9.18. The molecule has 7 heteroatoms. The predicted molar refractivity (Wildman–Crippen MR) is 90.1 cm³/mol. The molecule has 0 amide bonds. The number of nitrogens with zero attached hydrogens (tertiary/aromatic N) is 2. The van der Waals surface area contributed by atoms with E-state index in [0.717, 1.165) is 31.4 Å². The number of hydrogen-bond donors (Lipinski definition) is 3. The molecule has 0 unspecified atom stereocenters. The van der Waals surface area contributed by atoms with Gasteiger partial charge < -0.3 is 14.8 Å². The second-order valence-corrected chi connectivity index (χ2v) is 6.93. The van der Waals surface area contributed by atoms with Crippen LogP contribution in [0.1, 0.15) is 16.0 Å². The van der Waals surface area contributed by atoms with Crippen LogP contribution < -0.4 is 4.72 Å². The first-order valence-electron chi connectivity index (χ1n) is 6.72. The van der Waals surface area contributed by atoms with Crippen LogP contribution in [0.3, 0.4) is 0 Å². The van der Waals surface area contributed by atoms with E-state index in [9.17, 15) is 5.26 Å². The number of anilines is 1. The van der Waals surface area contributed by atoms with Crippen molar-refractivity contribution in [3.05, 3.63) is 40.5 Å². The second kappa shape index (κ2) is 6.40. The molecule has 3 N–H and O–H groups in total. The third-order valence-corrected chi connectivity index (χ3v) is 5.26. The third-order valence-electron chi connectivity index (χ3n) is 3.30. The lowest BCUT2D eigenvalue weighted by atomic mass is 10.1. The number of rotatable bonds is 5. The maximum Gasteiger partial charge on any atom is 0.170 e. The minimum absolute atomic E-state index is 0.137. The Bertz CT molecular complexity index is 847. The Balaban J connectivity index is 1.83. The Labute approximate surface area is 136 Å². The lowest BCUT2D eigenvalue weighted by Gasteiger charge is -2.06. The number of aliphatic hydroxyl groups is 1. The lowest BCUT2D eigenvalue weighted by molar-refractivity contribution is 0.300. The number of aromatic amines is 1. The van der Waals surface area contributed by atoms with Crippen molar-refractivity contribution >= 4 is 39.9 Å². The molecule has 0 radical (unpaired) electrons. The highest BCUT2D eigenvalue weighted by molar-refractivity contribution is 8.02. The standard InChI is InChI=1S/C15H14N4OS2/c1-9-2-3-12(14-13(9)10(6-16)7-17-14)19-22-15-18-8-11(21-15)4-5-20/h2-3,7-8,17,19-20H,4-5H2,1H3. The molecule has 0 aliphatic heterocycles. The van der Waals surface area contributed by atoms with E-state index >= 15 is 0 Å². The first-order chi connectivity index (χ1) is 10.7. The van der Waals surface area contributed by atoms with E-state index in [1.807, 2.05) is 19.1 Å². The fraction of sp³-hybridized carbons (Fsp3) is 0.200. The predicted octanol–water partition coefficient (Wildman–Crippen LogP) is 3.46. The van der Waals surface area contributed by atoms with Crippen molar-refractivity contribution in [2.24, 2.45) is 0 Å². The molecule has 1 aromatic carbocycles. The first-order valence-corrected chi connectivity index (χ1v) is 8.35. The van der Waals surface area contributed by atoms with Gasteiger partial charge in [0.2, 0.25) is 0 Å². The van der Waals surface area contributed by atoms with Crippen LogP contribution in [-0.4, -0.2) is 21.7 Å². The van der Waals surface area contributed by atoms with Gasteiger partial charge >= 0.3 is 0 Å². The van der Waals surface area contributed by atoms with Crippen molar-refractivity contribution in [3.63, 3.8) is 0 Å². The summed E-state index contributed by atoms with van der Waals surface area (Å²) in [5, 5.41) is 19.1. The van der Waals surface area contributed by atoms with Crippen molar-refractivity contribution in [2.75, 3.05) is 11.3 Å². The number of benzene rings is 1. The topological polar surface area (TPSA) is 84.7 Å². The Hall–Kier alpha value is -2.01. The number of aryl methyl sites for hydroxylation is 1. The summed E-state index contributed by atoms with van der Waals surface area (Å²) in [6.45, 7) is 2.13. The normalized spacial score (nSPS) is 10.8. The smallest absolute Gasteiger partial charge is 0.170 e. The molecule has 3 aromatic rings. The maximum atomic E-state index is 9.18. The van der Waals surface area contributed by atoms with Crippen molar-refractivity contribution in [1.29, 1.82) is 5.26 Å². The Morgan fingerprint density at radius 1 is 1.50 bits per heavy atom.